The van der Waals surface area contributed by atoms with Gasteiger partial charge in [-0.3, -0.25) is 4.79 Å². The van der Waals surface area contributed by atoms with Crippen molar-refractivity contribution < 1.29 is 19.4 Å². The van der Waals surface area contributed by atoms with Crippen LogP contribution in [0.3, 0.4) is 0 Å². The first-order chi connectivity index (χ1) is 11.2. The number of aliphatic carboxylic acids is 1. The topological polar surface area (TPSA) is 70.7 Å². The predicted molar refractivity (Wildman–Crippen MR) is 89.6 cm³/mol. The summed E-state index contributed by atoms with van der Waals surface area (Å²) in [5.74, 6) is -0.180. The molecule has 2 N–H and O–H groups in total. The second kappa shape index (κ2) is 4.87. The van der Waals surface area contributed by atoms with Crippen molar-refractivity contribution in [1.82, 2.24) is 0 Å². The molecule has 24 heavy (non-hydrogen) atoms. The van der Waals surface area contributed by atoms with Gasteiger partial charge in [-0.05, 0) is 61.7 Å². The first kappa shape index (κ1) is 16.2. The van der Waals surface area contributed by atoms with E-state index in [1.807, 2.05) is 13.2 Å². The molecule has 0 radical (unpaired) electrons. The predicted octanol–water partition coefficient (Wildman–Crippen LogP) is 4.28. The second-order valence-corrected chi connectivity index (χ2v) is 9.14. The largest absolute Gasteiger partial charge is 0.481 e. The number of hydrogen-bond acceptors (Lipinski definition) is 3. The monoisotopic (exact) mass is 332 g/mol. The highest BCUT2D eigenvalue weighted by molar-refractivity contribution is 5.75. The van der Waals surface area contributed by atoms with E-state index in [0.717, 1.165) is 43.2 Å². The van der Waals surface area contributed by atoms with E-state index >= 15 is 0 Å². The van der Waals surface area contributed by atoms with Crippen LogP contribution in [0.25, 0.3) is 0 Å². The molecule has 4 nitrogen and oxygen atoms in total. The van der Waals surface area contributed by atoms with Crippen molar-refractivity contribution in [3.63, 3.8) is 0 Å². The number of hydrogen-bond donors (Lipinski definition) is 2. The van der Waals surface area contributed by atoms with Gasteiger partial charge in [0.2, 0.25) is 0 Å². The summed E-state index contributed by atoms with van der Waals surface area (Å²) in [7, 11) is 0. The fourth-order valence-corrected chi connectivity index (χ4v) is 6.81. The SMILES string of the molecule is C[C@]12CCC[C@](C)(C(=O)O)[C@@H]1CC[C@@]1(C)c3cocc3[C@H](O)C[C@H]21. The van der Waals surface area contributed by atoms with Gasteiger partial charge in [0.05, 0.1) is 24.0 Å². The van der Waals surface area contributed by atoms with Crippen molar-refractivity contribution in [2.45, 2.75) is 70.8 Å². The number of aliphatic hydroxyl groups is 1. The summed E-state index contributed by atoms with van der Waals surface area (Å²) >= 11 is 0. The molecule has 4 rings (SSSR count). The summed E-state index contributed by atoms with van der Waals surface area (Å²) in [6.07, 6.45) is 8.42. The van der Waals surface area contributed by atoms with Gasteiger partial charge in [0.15, 0.2) is 0 Å². The number of furan rings is 1. The molecule has 1 aromatic heterocycles. The Labute approximate surface area is 143 Å². The molecular weight excluding hydrogens is 304 g/mol. The van der Waals surface area contributed by atoms with E-state index < -0.39 is 17.5 Å². The minimum absolute atomic E-state index is 0.0242. The fraction of sp³-hybridized carbons (Fsp3) is 0.750. The van der Waals surface area contributed by atoms with Crippen LogP contribution in [0.1, 0.15) is 76.5 Å². The molecule has 1 heterocycles. The zero-order valence-corrected chi connectivity index (χ0v) is 14.8. The summed E-state index contributed by atoms with van der Waals surface area (Å²) in [6.45, 7) is 6.53. The summed E-state index contributed by atoms with van der Waals surface area (Å²) in [4.78, 5) is 12.1. The van der Waals surface area contributed by atoms with Crippen LogP contribution in [-0.4, -0.2) is 16.2 Å². The van der Waals surface area contributed by atoms with E-state index in [9.17, 15) is 15.0 Å². The van der Waals surface area contributed by atoms with Gasteiger partial charge in [0.25, 0.3) is 0 Å². The maximum atomic E-state index is 12.1. The lowest BCUT2D eigenvalue weighted by molar-refractivity contribution is -0.174. The third-order valence-corrected chi connectivity index (χ3v) is 8.11. The van der Waals surface area contributed by atoms with Crippen molar-refractivity contribution in [2.75, 3.05) is 0 Å². The Hall–Kier alpha value is -1.29. The highest BCUT2D eigenvalue weighted by atomic mass is 16.4. The van der Waals surface area contributed by atoms with Crippen molar-refractivity contribution >= 4 is 5.97 Å². The summed E-state index contributed by atoms with van der Waals surface area (Å²) < 4.78 is 5.45. The molecule has 0 aliphatic heterocycles. The number of carboxylic acids is 1. The van der Waals surface area contributed by atoms with E-state index in [2.05, 4.69) is 13.8 Å². The van der Waals surface area contributed by atoms with Crippen molar-refractivity contribution in [2.24, 2.45) is 22.7 Å². The lowest BCUT2D eigenvalue weighted by atomic mass is 9.40. The van der Waals surface area contributed by atoms with E-state index in [0.29, 0.717) is 12.3 Å². The average Bonchev–Trinajstić information content (AvgIpc) is 3.01. The molecule has 4 heteroatoms. The molecule has 3 aliphatic carbocycles. The van der Waals surface area contributed by atoms with Gasteiger partial charge in [-0.1, -0.05) is 20.3 Å². The van der Waals surface area contributed by atoms with Crippen molar-refractivity contribution in [3.05, 3.63) is 23.7 Å². The van der Waals surface area contributed by atoms with Gasteiger partial charge in [0.1, 0.15) is 0 Å². The summed E-state index contributed by atoms with van der Waals surface area (Å²) in [6, 6.07) is 0. The molecule has 0 spiro atoms. The van der Waals surface area contributed by atoms with Crippen LogP contribution in [0.4, 0.5) is 0 Å². The van der Waals surface area contributed by atoms with Crippen LogP contribution in [0.2, 0.25) is 0 Å². The van der Waals surface area contributed by atoms with Gasteiger partial charge in [0, 0.05) is 11.1 Å². The first-order valence-corrected chi connectivity index (χ1v) is 9.21. The quantitative estimate of drug-likeness (QED) is 0.805. The molecule has 0 saturated heterocycles. The Morgan fingerprint density at radius 3 is 2.62 bits per heavy atom. The van der Waals surface area contributed by atoms with Crippen molar-refractivity contribution in [1.29, 1.82) is 0 Å². The Bertz CT molecular complexity index is 679. The molecule has 3 aliphatic rings. The zero-order chi connectivity index (χ0) is 17.3. The van der Waals surface area contributed by atoms with Crippen LogP contribution < -0.4 is 0 Å². The number of rotatable bonds is 1. The van der Waals surface area contributed by atoms with Crippen molar-refractivity contribution in [3.8, 4) is 0 Å². The normalized spacial score (nSPS) is 47.4. The number of carbonyl (C=O) groups is 1. The summed E-state index contributed by atoms with van der Waals surface area (Å²) in [5.41, 5.74) is 1.37. The fourth-order valence-electron chi connectivity index (χ4n) is 6.81. The Kier molecular flexibility index (Phi) is 3.29. The molecule has 132 valence electrons. The molecule has 1 aromatic rings. The Morgan fingerprint density at radius 2 is 1.92 bits per heavy atom. The molecule has 0 aromatic carbocycles. The van der Waals surface area contributed by atoms with Crippen LogP contribution in [-0.2, 0) is 10.2 Å². The smallest absolute Gasteiger partial charge is 0.309 e. The van der Waals surface area contributed by atoms with Gasteiger partial charge >= 0.3 is 5.97 Å². The summed E-state index contributed by atoms with van der Waals surface area (Å²) in [5, 5.41) is 20.6. The molecule has 0 unspecified atom stereocenters. The molecule has 0 amide bonds. The van der Waals surface area contributed by atoms with E-state index in [-0.39, 0.29) is 16.7 Å². The zero-order valence-electron chi connectivity index (χ0n) is 14.8. The third kappa shape index (κ3) is 1.81. The highest BCUT2D eigenvalue weighted by Crippen LogP contribution is 2.68. The maximum absolute atomic E-state index is 12.1. The molecule has 2 saturated carbocycles. The van der Waals surface area contributed by atoms with Crippen LogP contribution in [0.5, 0.6) is 0 Å². The highest BCUT2D eigenvalue weighted by Gasteiger charge is 2.63. The Balaban J connectivity index is 1.82. The number of aliphatic hydroxyl groups excluding tert-OH is 1. The van der Waals surface area contributed by atoms with Gasteiger partial charge in [-0.25, -0.2) is 0 Å². The van der Waals surface area contributed by atoms with Crippen LogP contribution in [0, 0.1) is 22.7 Å². The van der Waals surface area contributed by atoms with Crippen LogP contribution >= 0.6 is 0 Å². The van der Waals surface area contributed by atoms with Crippen LogP contribution in [0.15, 0.2) is 16.9 Å². The van der Waals surface area contributed by atoms with E-state index in [4.69, 9.17) is 4.42 Å². The lowest BCUT2D eigenvalue weighted by Gasteiger charge is -2.63. The van der Waals surface area contributed by atoms with Gasteiger partial charge in [-0.2, -0.15) is 0 Å². The Morgan fingerprint density at radius 1 is 1.17 bits per heavy atom. The standard InChI is InChI=1S/C20H28O4/c1-18-8-5-15-19(2,6-4-7-20(15,3)17(22)23)16(18)9-14(21)12-10-24-11-13(12)18/h10-11,14-16,21H,4-9H2,1-3H3,(H,22,23)/t14-,15-,16+,18+,19+,20+/m1/s1. The number of carboxylic acid groups (broad SMARTS) is 1. The third-order valence-electron chi connectivity index (χ3n) is 8.11. The van der Waals surface area contributed by atoms with Gasteiger partial charge < -0.3 is 14.6 Å². The lowest BCUT2D eigenvalue weighted by Crippen LogP contribution is -2.59. The first-order valence-electron chi connectivity index (χ1n) is 9.21. The average molecular weight is 332 g/mol. The van der Waals surface area contributed by atoms with E-state index in [1.165, 1.54) is 0 Å². The molecular formula is C20H28O4. The second-order valence-electron chi connectivity index (χ2n) is 9.14. The molecule has 0 bridgehead atoms. The number of fused-ring (bicyclic) bond motifs is 5. The maximum Gasteiger partial charge on any atom is 0.309 e. The van der Waals surface area contributed by atoms with E-state index in [1.54, 1.807) is 6.26 Å². The molecule has 6 atom stereocenters. The van der Waals surface area contributed by atoms with Gasteiger partial charge in [-0.15, -0.1) is 0 Å². The molecule has 2 fully saturated rings. The minimum Gasteiger partial charge on any atom is -0.481 e. The minimum atomic E-state index is -0.651.